The van der Waals surface area contributed by atoms with E-state index in [9.17, 15) is 9.18 Å². The van der Waals surface area contributed by atoms with E-state index in [2.05, 4.69) is 25.3 Å². The fourth-order valence-electron chi connectivity index (χ4n) is 3.58. The molecule has 29 heavy (non-hydrogen) atoms. The normalized spacial score (nSPS) is 14.8. The van der Waals surface area contributed by atoms with Gasteiger partial charge in [-0.2, -0.15) is 5.10 Å². The predicted molar refractivity (Wildman–Crippen MR) is 109 cm³/mol. The third kappa shape index (κ3) is 4.48. The molecule has 0 unspecified atom stereocenters. The van der Waals surface area contributed by atoms with E-state index in [1.807, 2.05) is 0 Å². The molecule has 1 aromatic carbocycles. The lowest BCUT2D eigenvalue weighted by Crippen LogP contribution is -2.28. The second-order valence-corrected chi connectivity index (χ2v) is 7.56. The molecule has 1 saturated heterocycles. The Morgan fingerprint density at radius 2 is 1.97 bits per heavy atom. The van der Waals surface area contributed by atoms with Gasteiger partial charge in [-0.15, -0.1) is 0 Å². The monoisotopic (exact) mass is 416 g/mol. The molecule has 1 aliphatic heterocycles. The third-order valence-electron chi connectivity index (χ3n) is 5.10. The van der Waals surface area contributed by atoms with Gasteiger partial charge < -0.3 is 10.2 Å². The highest BCUT2D eigenvalue weighted by atomic mass is 35.5. The number of amides is 1. The molecule has 7 nitrogen and oxygen atoms in total. The van der Waals surface area contributed by atoms with Gasteiger partial charge in [0.25, 0.3) is 0 Å². The molecule has 3 aromatic rings. The van der Waals surface area contributed by atoms with Crippen LogP contribution in [0.4, 0.5) is 10.2 Å². The van der Waals surface area contributed by atoms with E-state index in [1.165, 1.54) is 31.3 Å². The van der Waals surface area contributed by atoms with Crippen molar-refractivity contribution >= 4 is 34.4 Å². The molecule has 0 atom stereocenters. The first-order valence-electron chi connectivity index (χ1n) is 9.74. The quantitative estimate of drug-likeness (QED) is 0.690. The van der Waals surface area contributed by atoms with E-state index in [0.717, 1.165) is 37.1 Å². The number of carbonyl (C=O) groups excluding carboxylic acids is 1. The first-order valence-corrected chi connectivity index (χ1v) is 10.1. The predicted octanol–water partition coefficient (Wildman–Crippen LogP) is 3.32. The lowest BCUT2D eigenvalue weighted by molar-refractivity contribution is -0.121. The Kier molecular flexibility index (Phi) is 5.89. The average Bonchev–Trinajstić information content (AvgIpc) is 2.93. The molecule has 0 saturated carbocycles. The maximum atomic E-state index is 13.1. The van der Waals surface area contributed by atoms with Crippen LogP contribution in [0.25, 0.3) is 11.0 Å². The molecule has 1 aliphatic rings. The summed E-state index contributed by atoms with van der Waals surface area (Å²) in [7, 11) is 0. The Morgan fingerprint density at radius 1 is 1.17 bits per heavy atom. The number of hydrogen-bond acceptors (Lipinski definition) is 5. The lowest BCUT2D eigenvalue weighted by atomic mass is 10.2. The van der Waals surface area contributed by atoms with Gasteiger partial charge in [0.15, 0.2) is 5.65 Å². The number of nitrogens with zero attached hydrogens (tertiary/aromatic N) is 5. The molecule has 0 radical (unpaired) electrons. The number of carbonyl (C=O) groups is 1. The van der Waals surface area contributed by atoms with Crippen LogP contribution in [0.5, 0.6) is 0 Å². The zero-order chi connectivity index (χ0) is 20.2. The molecule has 1 fully saturated rings. The number of nitrogens with one attached hydrogen (secondary N) is 1. The molecule has 152 valence electrons. The fraction of sp³-hybridized carbons (Fsp3) is 0.400. The summed E-state index contributed by atoms with van der Waals surface area (Å²) in [6, 6.07) is 4.10. The summed E-state index contributed by atoms with van der Waals surface area (Å²) in [5.74, 6) is 0.236. The zero-order valence-electron chi connectivity index (χ0n) is 15.9. The molecule has 0 spiro atoms. The molecule has 0 bridgehead atoms. The molecular formula is C20H22ClFN6O. The van der Waals surface area contributed by atoms with Crippen molar-refractivity contribution in [3.05, 3.63) is 47.1 Å². The van der Waals surface area contributed by atoms with E-state index in [4.69, 9.17) is 11.6 Å². The first-order chi connectivity index (χ1) is 14.1. The lowest BCUT2D eigenvalue weighted by Gasteiger charge is -2.21. The minimum atomic E-state index is -0.409. The maximum absolute atomic E-state index is 13.1. The van der Waals surface area contributed by atoms with Gasteiger partial charge >= 0.3 is 0 Å². The van der Waals surface area contributed by atoms with Gasteiger partial charge in [0.1, 0.15) is 24.5 Å². The zero-order valence-corrected chi connectivity index (χ0v) is 16.7. The SMILES string of the molecule is O=C(Cn1ncc2c(N3CCCCCC3)ncnc21)NCc1ccc(F)cc1Cl. The number of aromatic nitrogens is 4. The van der Waals surface area contributed by atoms with Crippen molar-refractivity contribution < 1.29 is 9.18 Å². The van der Waals surface area contributed by atoms with Crippen molar-refractivity contribution in [1.29, 1.82) is 0 Å². The summed E-state index contributed by atoms with van der Waals surface area (Å²) in [6.07, 6.45) is 8.02. The molecule has 1 N–H and O–H groups in total. The van der Waals surface area contributed by atoms with Crippen LogP contribution in [-0.4, -0.2) is 38.7 Å². The topological polar surface area (TPSA) is 75.9 Å². The van der Waals surface area contributed by atoms with Gasteiger partial charge in [-0.1, -0.05) is 30.5 Å². The number of hydrogen-bond donors (Lipinski definition) is 1. The van der Waals surface area contributed by atoms with Crippen LogP contribution < -0.4 is 10.2 Å². The average molecular weight is 417 g/mol. The van der Waals surface area contributed by atoms with Crippen molar-refractivity contribution in [2.45, 2.75) is 38.8 Å². The first kappa shape index (κ1) is 19.6. The summed E-state index contributed by atoms with van der Waals surface area (Å²) in [5, 5.41) is 8.27. The Morgan fingerprint density at radius 3 is 2.72 bits per heavy atom. The fourth-order valence-corrected chi connectivity index (χ4v) is 3.82. The molecule has 9 heteroatoms. The van der Waals surface area contributed by atoms with Crippen LogP contribution in [0.1, 0.15) is 31.2 Å². The van der Waals surface area contributed by atoms with Crippen LogP contribution in [0.2, 0.25) is 5.02 Å². The second kappa shape index (κ2) is 8.73. The largest absolute Gasteiger partial charge is 0.356 e. The number of fused-ring (bicyclic) bond motifs is 1. The minimum Gasteiger partial charge on any atom is -0.356 e. The van der Waals surface area contributed by atoms with Crippen LogP contribution in [0, 0.1) is 5.82 Å². The molecule has 3 heterocycles. The van der Waals surface area contributed by atoms with Crippen molar-refractivity contribution in [1.82, 2.24) is 25.1 Å². The Balaban J connectivity index is 1.46. The number of anilines is 1. The summed E-state index contributed by atoms with van der Waals surface area (Å²) in [5.41, 5.74) is 1.28. The molecule has 1 amide bonds. The standard InChI is InChI=1S/C20H22ClFN6O/c21-17-9-15(22)6-5-14(17)10-23-18(29)12-28-20-16(11-26-28)19(24-13-25-20)27-7-3-1-2-4-8-27/h5-6,9,11,13H,1-4,7-8,10,12H2,(H,23,29). The van der Waals surface area contributed by atoms with Crippen LogP contribution in [0.3, 0.4) is 0 Å². The smallest absolute Gasteiger partial charge is 0.242 e. The van der Waals surface area contributed by atoms with Crippen LogP contribution in [-0.2, 0) is 17.9 Å². The number of rotatable bonds is 5. The summed E-state index contributed by atoms with van der Waals surface area (Å²) in [4.78, 5) is 23.5. The second-order valence-electron chi connectivity index (χ2n) is 7.15. The van der Waals surface area contributed by atoms with E-state index in [1.54, 1.807) is 16.9 Å². The highest BCUT2D eigenvalue weighted by Gasteiger charge is 2.18. The maximum Gasteiger partial charge on any atom is 0.242 e. The van der Waals surface area contributed by atoms with Crippen molar-refractivity contribution in [3.63, 3.8) is 0 Å². The van der Waals surface area contributed by atoms with E-state index >= 15 is 0 Å². The van der Waals surface area contributed by atoms with Crippen LogP contribution in [0.15, 0.2) is 30.7 Å². The van der Waals surface area contributed by atoms with Gasteiger partial charge in [0.2, 0.25) is 5.91 Å². The van der Waals surface area contributed by atoms with Gasteiger partial charge in [-0.05, 0) is 30.5 Å². The van der Waals surface area contributed by atoms with Crippen molar-refractivity contribution in [3.8, 4) is 0 Å². The Hall–Kier alpha value is -2.74. The van der Waals surface area contributed by atoms with Gasteiger partial charge in [-0.3, -0.25) is 4.79 Å². The van der Waals surface area contributed by atoms with Crippen molar-refractivity contribution in [2.24, 2.45) is 0 Å². The Bertz CT molecular complexity index is 1020. The van der Waals surface area contributed by atoms with Gasteiger partial charge in [0, 0.05) is 24.7 Å². The molecule has 4 rings (SSSR count). The summed E-state index contributed by atoms with van der Waals surface area (Å²) < 4.78 is 14.7. The Labute approximate surface area is 172 Å². The number of benzene rings is 1. The van der Waals surface area contributed by atoms with Gasteiger partial charge in [0.05, 0.1) is 11.6 Å². The highest BCUT2D eigenvalue weighted by molar-refractivity contribution is 6.31. The third-order valence-corrected chi connectivity index (χ3v) is 5.45. The summed E-state index contributed by atoms with van der Waals surface area (Å²) in [6.45, 7) is 2.18. The van der Waals surface area contributed by atoms with Crippen LogP contribution >= 0.6 is 11.6 Å². The molecule has 2 aromatic heterocycles. The molecular weight excluding hydrogens is 395 g/mol. The highest BCUT2D eigenvalue weighted by Crippen LogP contribution is 2.25. The minimum absolute atomic E-state index is 0.0266. The van der Waals surface area contributed by atoms with E-state index in [0.29, 0.717) is 11.2 Å². The number of halogens is 2. The molecule has 0 aliphatic carbocycles. The summed E-state index contributed by atoms with van der Waals surface area (Å²) >= 11 is 6.01. The van der Waals surface area contributed by atoms with E-state index in [-0.39, 0.29) is 24.0 Å². The van der Waals surface area contributed by atoms with Crippen molar-refractivity contribution in [2.75, 3.05) is 18.0 Å². The van der Waals surface area contributed by atoms with Gasteiger partial charge in [-0.25, -0.2) is 19.0 Å². The van der Waals surface area contributed by atoms with E-state index < -0.39 is 5.82 Å².